The molecule has 0 fully saturated rings. The minimum absolute atomic E-state index is 0.0238. The van der Waals surface area contributed by atoms with Crippen LogP contribution in [-0.2, 0) is 0 Å². The smallest absolute Gasteiger partial charge is 0.282 e. The maximum Gasteiger partial charge on any atom is 0.282 e. The van der Waals surface area contributed by atoms with Gasteiger partial charge < -0.3 is 14.2 Å². The zero-order valence-corrected chi connectivity index (χ0v) is 16.3. The number of hydrogen-bond donors (Lipinski definition) is 0. The molecular formula is C21H21NO4S. The first-order chi connectivity index (χ1) is 13.0. The molecule has 0 N–H and O–H groups in total. The first kappa shape index (κ1) is 18.9. The molecule has 0 aliphatic carbocycles. The number of rotatable bonds is 8. The van der Waals surface area contributed by atoms with E-state index in [1.54, 1.807) is 30.5 Å². The van der Waals surface area contributed by atoms with Crippen molar-refractivity contribution in [3.05, 3.63) is 60.3 Å². The van der Waals surface area contributed by atoms with Gasteiger partial charge in [-0.05, 0) is 72.7 Å². The summed E-state index contributed by atoms with van der Waals surface area (Å²) in [6.45, 7) is 6.43. The standard InChI is InChI=1S/C21H21NO4S/c1-14(2)13-24-17-8-10-19(11-9-17)26-21-22-12-20(27-21)25-18-6-4-16(5-7-18)15(3)23/h4-12,14H,13H2,1-3H3. The van der Waals surface area contributed by atoms with Gasteiger partial charge in [0.15, 0.2) is 5.78 Å². The van der Waals surface area contributed by atoms with Crippen molar-refractivity contribution >= 4 is 17.1 Å². The van der Waals surface area contributed by atoms with E-state index in [1.807, 2.05) is 24.3 Å². The van der Waals surface area contributed by atoms with Crippen molar-refractivity contribution in [1.29, 1.82) is 0 Å². The van der Waals surface area contributed by atoms with Gasteiger partial charge in [0, 0.05) is 5.56 Å². The number of thiazole rings is 1. The summed E-state index contributed by atoms with van der Waals surface area (Å²) in [6, 6.07) is 14.4. The average molecular weight is 383 g/mol. The Hall–Kier alpha value is -2.86. The van der Waals surface area contributed by atoms with Crippen LogP contribution in [-0.4, -0.2) is 17.4 Å². The summed E-state index contributed by atoms with van der Waals surface area (Å²) in [4.78, 5) is 15.5. The fraction of sp³-hybridized carbons (Fsp3) is 0.238. The first-order valence-corrected chi connectivity index (χ1v) is 9.46. The topological polar surface area (TPSA) is 57.7 Å². The van der Waals surface area contributed by atoms with Gasteiger partial charge in [-0.15, -0.1) is 0 Å². The van der Waals surface area contributed by atoms with E-state index in [9.17, 15) is 4.79 Å². The molecule has 0 aliphatic heterocycles. The summed E-state index contributed by atoms with van der Waals surface area (Å²) in [5.74, 6) is 2.64. The van der Waals surface area contributed by atoms with E-state index in [0.717, 1.165) is 5.75 Å². The molecule has 0 bridgehead atoms. The number of ether oxygens (including phenoxy) is 3. The number of Topliss-reactive ketones (excluding diaryl/α,β-unsaturated/α-hetero) is 1. The third-order valence-corrected chi connectivity index (χ3v) is 4.31. The van der Waals surface area contributed by atoms with E-state index in [0.29, 0.717) is 39.8 Å². The number of aromatic nitrogens is 1. The van der Waals surface area contributed by atoms with Gasteiger partial charge in [-0.1, -0.05) is 13.8 Å². The average Bonchev–Trinajstić information content (AvgIpc) is 3.08. The number of benzene rings is 2. The molecule has 0 spiro atoms. The molecule has 0 saturated carbocycles. The Kier molecular flexibility index (Phi) is 6.08. The first-order valence-electron chi connectivity index (χ1n) is 8.65. The predicted molar refractivity (Wildman–Crippen MR) is 105 cm³/mol. The molecule has 5 nitrogen and oxygen atoms in total. The highest BCUT2D eigenvalue weighted by Gasteiger charge is 2.08. The van der Waals surface area contributed by atoms with Gasteiger partial charge in [0.05, 0.1) is 12.8 Å². The molecule has 1 heterocycles. The van der Waals surface area contributed by atoms with Crippen LogP contribution >= 0.6 is 11.3 Å². The number of nitrogens with zero attached hydrogens (tertiary/aromatic N) is 1. The molecule has 2 aromatic carbocycles. The Balaban J connectivity index is 1.58. The molecule has 0 unspecified atom stereocenters. The Morgan fingerprint density at radius 3 is 2.19 bits per heavy atom. The molecule has 3 aromatic rings. The third-order valence-electron chi connectivity index (χ3n) is 3.55. The Labute approximate surface area is 162 Å². The number of carbonyl (C=O) groups excluding carboxylic acids is 1. The van der Waals surface area contributed by atoms with Crippen LogP contribution in [0.15, 0.2) is 54.7 Å². The molecule has 0 atom stereocenters. The van der Waals surface area contributed by atoms with Gasteiger partial charge in [0.1, 0.15) is 17.2 Å². The molecular weight excluding hydrogens is 362 g/mol. The van der Waals surface area contributed by atoms with Gasteiger partial charge >= 0.3 is 0 Å². The van der Waals surface area contributed by atoms with E-state index < -0.39 is 0 Å². The molecule has 140 valence electrons. The van der Waals surface area contributed by atoms with Crippen LogP contribution in [0.5, 0.6) is 27.5 Å². The summed E-state index contributed by atoms with van der Waals surface area (Å²) >= 11 is 1.30. The van der Waals surface area contributed by atoms with E-state index in [2.05, 4.69) is 18.8 Å². The summed E-state index contributed by atoms with van der Waals surface area (Å²) in [6.07, 6.45) is 1.61. The summed E-state index contributed by atoms with van der Waals surface area (Å²) in [5.41, 5.74) is 0.650. The molecule has 3 rings (SSSR count). The minimum atomic E-state index is 0.0238. The van der Waals surface area contributed by atoms with Crippen molar-refractivity contribution in [1.82, 2.24) is 4.98 Å². The summed E-state index contributed by atoms with van der Waals surface area (Å²) < 4.78 is 17.2. The Bertz CT molecular complexity index is 885. The highest BCUT2D eigenvalue weighted by Crippen LogP contribution is 2.34. The van der Waals surface area contributed by atoms with E-state index in [-0.39, 0.29) is 5.78 Å². The lowest BCUT2D eigenvalue weighted by Gasteiger charge is -2.09. The molecule has 0 amide bonds. The fourth-order valence-corrected chi connectivity index (χ4v) is 2.84. The lowest BCUT2D eigenvalue weighted by molar-refractivity contribution is 0.101. The normalized spacial score (nSPS) is 10.7. The predicted octanol–water partition coefficient (Wildman–Crippen LogP) is 5.97. The van der Waals surface area contributed by atoms with Crippen molar-refractivity contribution < 1.29 is 19.0 Å². The lowest BCUT2D eigenvalue weighted by Crippen LogP contribution is -2.04. The van der Waals surface area contributed by atoms with Crippen molar-refractivity contribution in [2.24, 2.45) is 5.92 Å². The maximum atomic E-state index is 11.3. The number of carbonyl (C=O) groups is 1. The zero-order valence-electron chi connectivity index (χ0n) is 15.5. The third kappa shape index (κ3) is 5.56. The van der Waals surface area contributed by atoms with Crippen molar-refractivity contribution in [2.45, 2.75) is 20.8 Å². The molecule has 1 aromatic heterocycles. The molecule has 27 heavy (non-hydrogen) atoms. The highest BCUT2D eigenvalue weighted by molar-refractivity contribution is 7.15. The summed E-state index contributed by atoms with van der Waals surface area (Å²) in [5, 5.41) is 1.10. The van der Waals surface area contributed by atoms with E-state index >= 15 is 0 Å². The maximum absolute atomic E-state index is 11.3. The van der Waals surface area contributed by atoms with Crippen LogP contribution in [0.2, 0.25) is 0 Å². The van der Waals surface area contributed by atoms with Gasteiger partial charge in [-0.25, -0.2) is 4.98 Å². The van der Waals surface area contributed by atoms with E-state index in [1.165, 1.54) is 18.3 Å². The lowest BCUT2D eigenvalue weighted by atomic mass is 10.1. The summed E-state index contributed by atoms with van der Waals surface area (Å²) in [7, 11) is 0. The quantitative estimate of drug-likeness (QED) is 0.449. The van der Waals surface area contributed by atoms with Crippen molar-refractivity contribution in [3.63, 3.8) is 0 Å². The second kappa shape index (κ2) is 8.68. The number of ketones is 1. The molecule has 6 heteroatoms. The zero-order chi connectivity index (χ0) is 19.2. The monoisotopic (exact) mass is 383 g/mol. The largest absolute Gasteiger partial charge is 0.493 e. The number of hydrogen-bond acceptors (Lipinski definition) is 6. The molecule has 0 aliphatic rings. The van der Waals surface area contributed by atoms with Crippen LogP contribution < -0.4 is 14.2 Å². The van der Waals surface area contributed by atoms with Crippen LogP contribution in [0.1, 0.15) is 31.1 Å². The van der Waals surface area contributed by atoms with Crippen molar-refractivity contribution in [3.8, 4) is 27.5 Å². The fourth-order valence-electron chi connectivity index (χ4n) is 2.18. The van der Waals surface area contributed by atoms with Gasteiger partial charge in [-0.3, -0.25) is 4.79 Å². The second-order valence-electron chi connectivity index (χ2n) is 6.41. The van der Waals surface area contributed by atoms with Crippen LogP contribution in [0.4, 0.5) is 0 Å². The van der Waals surface area contributed by atoms with Crippen molar-refractivity contribution in [2.75, 3.05) is 6.61 Å². The second-order valence-corrected chi connectivity index (χ2v) is 7.36. The van der Waals surface area contributed by atoms with Gasteiger partial charge in [0.2, 0.25) is 5.06 Å². The highest BCUT2D eigenvalue weighted by atomic mass is 32.1. The Morgan fingerprint density at radius 1 is 0.963 bits per heavy atom. The minimum Gasteiger partial charge on any atom is -0.493 e. The van der Waals surface area contributed by atoms with Crippen LogP contribution in [0, 0.1) is 5.92 Å². The Morgan fingerprint density at radius 2 is 1.56 bits per heavy atom. The molecule has 0 saturated heterocycles. The van der Waals surface area contributed by atoms with Gasteiger partial charge in [0.25, 0.3) is 5.19 Å². The van der Waals surface area contributed by atoms with E-state index in [4.69, 9.17) is 14.2 Å². The van der Waals surface area contributed by atoms with Crippen LogP contribution in [0.25, 0.3) is 0 Å². The van der Waals surface area contributed by atoms with Crippen LogP contribution in [0.3, 0.4) is 0 Å². The molecule has 0 radical (unpaired) electrons. The SMILES string of the molecule is CC(=O)c1ccc(Oc2cnc(Oc3ccc(OCC(C)C)cc3)s2)cc1. The van der Waals surface area contributed by atoms with Gasteiger partial charge in [-0.2, -0.15) is 0 Å².